The van der Waals surface area contributed by atoms with Gasteiger partial charge in [-0.3, -0.25) is 0 Å². The van der Waals surface area contributed by atoms with Gasteiger partial charge in [0.2, 0.25) is 0 Å². The van der Waals surface area contributed by atoms with E-state index in [4.69, 9.17) is 4.74 Å². The molecule has 0 saturated carbocycles. The number of hydrogen-bond acceptors (Lipinski definition) is 4. The highest BCUT2D eigenvalue weighted by Crippen LogP contribution is 2.41. The zero-order valence-electron chi connectivity index (χ0n) is 21.3. The molecule has 1 spiro atoms. The van der Waals surface area contributed by atoms with Crippen LogP contribution in [0, 0.1) is 11.2 Å². The maximum absolute atomic E-state index is 15.4. The highest BCUT2D eigenvalue weighted by Gasteiger charge is 2.36. The quantitative estimate of drug-likeness (QED) is 0.530. The summed E-state index contributed by atoms with van der Waals surface area (Å²) < 4.78 is 21.1. The van der Waals surface area contributed by atoms with E-state index in [-0.39, 0.29) is 5.82 Å². The minimum Gasteiger partial charge on any atom is -0.378 e. The summed E-state index contributed by atoms with van der Waals surface area (Å²) in [5.41, 5.74) is 6.51. The van der Waals surface area contributed by atoms with E-state index in [2.05, 4.69) is 41.1 Å². The van der Waals surface area contributed by atoms with Gasteiger partial charge in [-0.1, -0.05) is 24.8 Å². The molecule has 2 aromatic rings. The van der Waals surface area contributed by atoms with E-state index in [0.717, 1.165) is 81.1 Å². The van der Waals surface area contributed by atoms with Crippen LogP contribution >= 0.6 is 0 Å². The molecule has 0 radical (unpaired) electrons. The van der Waals surface area contributed by atoms with Crippen LogP contribution in [0.25, 0.3) is 11.8 Å². The minimum absolute atomic E-state index is 0.148. The first kappa shape index (κ1) is 23.7. The highest BCUT2D eigenvalue weighted by molar-refractivity contribution is 5.89. The molecule has 1 atom stereocenters. The van der Waals surface area contributed by atoms with Gasteiger partial charge in [-0.05, 0) is 99.2 Å². The number of anilines is 2. The van der Waals surface area contributed by atoms with Gasteiger partial charge in [0, 0.05) is 48.9 Å². The average molecular weight is 488 g/mol. The van der Waals surface area contributed by atoms with Gasteiger partial charge < -0.3 is 19.9 Å². The highest BCUT2D eigenvalue weighted by atomic mass is 19.1. The van der Waals surface area contributed by atoms with E-state index < -0.39 is 0 Å². The lowest BCUT2D eigenvalue weighted by atomic mass is 9.71. The number of benzene rings is 2. The van der Waals surface area contributed by atoms with E-state index in [1.165, 1.54) is 36.8 Å². The van der Waals surface area contributed by atoms with Crippen LogP contribution in [0.5, 0.6) is 0 Å². The molecule has 3 saturated heterocycles. The summed E-state index contributed by atoms with van der Waals surface area (Å²) >= 11 is 0. The first-order valence-corrected chi connectivity index (χ1v) is 13.8. The number of aryl methyl sites for hydroxylation is 1. The van der Waals surface area contributed by atoms with Crippen molar-refractivity contribution in [3.05, 3.63) is 71.7 Å². The molecule has 1 unspecified atom stereocenters. The molecule has 0 amide bonds. The van der Waals surface area contributed by atoms with Crippen molar-refractivity contribution in [1.29, 1.82) is 0 Å². The lowest BCUT2D eigenvalue weighted by molar-refractivity contribution is 0.104. The molecule has 3 fully saturated rings. The average Bonchev–Trinajstić information content (AvgIpc) is 3.43. The molecule has 6 rings (SSSR count). The first-order chi connectivity index (χ1) is 17.6. The molecule has 190 valence electrons. The molecule has 2 aromatic carbocycles. The molecule has 4 aliphatic rings. The Morgan fingerprint density at radius 1 is 1.06 bits per heavy atom. The van der Waals surface area contributed by atoms with Crippen molar-refractivity contribution in [2.24, 2.45) is 5.41 Å². The van der Waals surface area contributed by atoms with E-state index in [1.54, 1.807) is 6.07 Å². The van der Waals surface area contributed by atoms with Crippen LogP contribution in [0.1, 0.15) is 61.6 Å². The summed E-state index contributed by atoms with van der Waals surface area (Å²) in [4.78, 5) is 4.24. The van der Waals surface area contributed by atoms with Crippen molar-refractivity contribution < 1.29 is 9.13 Å². The van der Waals surface area contributed by atoms with E-state index >= 15 is 4.39 Å². The summed E-state index contributed by atoms with van der Waals surface area (Å²) in [6, 6.07) is 12.3. The molecule has 36 heavy (non-hydrogen) atoms. The largest absolute Gasteiger partial charge is 0.378 e. The summed E-state index contributed by atoms with van der Waals surface area (Å²) in [5, 5.41) is 3.48. The molecule has 5 heteroatoms. The number of fused-ring (bicyclic) bond motifs is 1. The van der Waals surface area contributed by atoms with E-state index in [0.29, 0.717) is 11.5 Å². The standard InChI is InChI=1S/C31H38FN3O/c1-23-28-8-5-24(4-7-27-3-2-20-36-27)21-25(28)10-17-35(23)26-6-9-30(29(32)22-26)34-18-13-31(14-19-34)11-15-33-16-12-31/h5-6,8-10,17,21-22,27,33H,1-4,7,11-16,18-20H2. The van der Waals surface area contributed by atoms with Gasteiger partial charge in [0.05, 0.1) is 11.8 Å². The Labute approximate surface area is 214 Å². The topological polar surface area (TPSA) is 27.7 Å². The Kier molecular flexibility index (Phi) is 6.61. The molecule has 0 aromatic heterocycles. The number of halogens is 1. The molecule has 1 N–H and O–H groups in total. The minimum atomic E-state index is -0.148. The van der Waals surface area contributed by atoms with E-state index in [9.17, 15) is 0 Å². The van der Waals surface area contributed by atoms with Crippen molar-refractivity contribution >= 4 is 23.1 Å². The Bertz CT molecular complexity index is 1140. The SMILES string of the molecule is C=C1c2ccc(CCC3CCCO3)cc2C=CN1c1ccc(N2CCC3(CCNCC3)CC2)c(F)c1. The Morgan fingerprint density at radius 3 is 2.64 bits per heavy atom. The fourth-order valence-electron chi connectivity index (χ4n) is 6.57. The Hall–Kier alpha value is -2.63. The van der Waals surface area contributed by atoms with Crippen molar-refractivity contribution in [3.63, 3.8) is 0 Å². The smallest absolute Gasteiger partial charge is 0.148 e. The second-order valence-corrected chi connectivity index (χ2v) is 11.1. The number of ether oxygens (including phenoxy) is 1. The van der Waals surface area contributed by atoms with Crippen LogP contribution in [0.15, 0.2) is 49.2 Å². The predicted octanol–water partition coefficient (Wildman–Crippen LogP) is 6.37. The molecule has 4 nitrogen and oxygen atoms in total. The predicted molar refractivity (Wildman–Crippen MR) is 147 cm³/mol. The number of hydrogen-bond donors (Lipinski definition) is 1. The van der Waals surface area contributed by atoms with Gasteiger partial charge >= 0.3 is 0 Å². The van der Waals surface area contributed by atoms with Gasteiger partial charge in [0.25, 0.3) is 0 Å². The molecule has 4 aliphatic heterocycles. The zero-order chi connectivity index (χ0) is 24.5. The van der Waals surface area contributed by atoms with Gasteiger partial charge in [0.15, 0.2) is 0 Å². The van der Waals surface area contributed by atoms with Gasteiger partial charge in [-0.25, -0.2) is 4.39 Å². The van der Waals surface area contributed by atoms with Crippen LogP contribution in [0.4, 0.5) is 15.8 Å². The number of piperidine rings is 2. The fraction of sp³-hybridized carbons (Fsp3) is 0.484. The fourth-order valence-corrected chi connectivity index (χ4v) is 6.57. The van der Waals surface area contributed by atoms with Gasteiger partial charge in [-0.2, -0.15) is 0 Å². The van der Waals surface area contributed by atoms with Crippen molar-refractivity contribution in [3.8, 4) is 0 Å². The van der Waals surface area contributed by atoms with Crippen LogP contribution < -0.4 is 15.1 Å². The second-order valence-electron chi connectivity index (χ2n) is 11.1. The Balaban J connectivity index is 1.13. The summed E-state index contributed by atoms with van der Waals surface area (Å²) in [7, 11) is 0. The Morgan fingerprint density at radius 2 is 1.89 bits per heavy atom. The first-order valence-electron chi connectivity index (χ1n) is 13.8. The van der Waals surface area contributed by atoms with Crippen LogP contribution in [0.2, 0.25) is 0 Å². The summed E-state index contributed by atoms with van der Waals surface area (Å²) in [5.74, 6) is -0.148. The number of nitrogens with one attached hydrogen (secondary N) is 1. The number of nitrogens with zero attached hydrogens (tertiary/aromatic N) is 2. The number of rotatable bonds is 5. The van der Waals surface area contributed by atoms with Gasteiger partial charge in [-0.15, -0.1) is 0 Å². The molecule has 0 bridgehead atoms. The third-order valence-electron chi connectivity index (χ3n) is 8.94. The third kappa shape index (κ3) is 4.71. The second kappa shape index (κ2) is 10.0. The van der Waals surface area contributed by atoms with Crippen molar-refractivity contribution in [2.45, 2.75) is 57.5 Å². The third-order valence-corrected chi connectivity index (χ3v) is 8.94. The van der Waals surface area contributed by atoms with Crippen LogP contribution in [-0.4, -0.2) is 38.9 Å². The van der Waals surface area contributed by atoms with Crippen molar-refractivity contribution in [2.75, 3.05) is 42.6 Å². The van der Waals surface area contributed by atoms with E-state index in [1.807, 2.05) is 23.2 Å². The normalized spacial score (nSPS) is 23.4. The van der Waals surface area contributed by atoms with Crippen LogP contribution in [0.3, 0.4) is 0 Å². The molecule has 0 aliphatic carbocycles. The lowest BCUT2D eigenvalue weighted by Crippen LogP contribution is -2.45. The maximum atomic E-state index is 15.4. The molecular weight excluding hydrogens is 449 g/mol. The molecular formula is C31H38FN3O. The van der Waals surface area contributed by atoms with Crippen molar-refractivity contribution in [1.82, 2.24) is 5.32 Å². The molecule has 4 heterocycles. The van der Waals surface area contributed by atoms with Crippen LogP contribution in [-0.2, 0) is 11.2 Å². The zero-order valence-corrected chi connectivity index (χ0v) is 21.3. The lowest BCUT2D eigenvalue weighted by Gasteiger charge is -2.45. The monoisotopic (exact) mass is 487 g/mol. The summed E-state index contributed by atoms with van der Waals surface area (Å²) in [6.07, 6.45) is 13.9. The maximum Gasteiger partial charge on any atom is 0.148 e. The summed E-state index contributed by atoms with van der Waals surface area (Å²) in [6.45, 7) is 9.39. The van der Waals surface area contributed by atoms with Gasteiger partial charge in [0.1, 0.15) is 5.82 Å².